The number of thiophene rings is 1. The topological polar surface area (TPSA) is 60.9 Å². The van der Waals surface area contributed by atoms with Gasteiger partial charge in [0.15, 0.2) is 0 Å². The largest absolute Gasteiger partial charge is 0.507 e. The monoisotopic (exact) mass is 500 g/mol. The van der Waals surface area contributed by atoms with Crippen LogP contribution in [0.1, 0.15) is 73.6 Å². The number of rotatable bonds is 12. The SMILES string of the molecule is CCCCN(CCCC)CCCN1C(=O)C(=O)C(=C(O)c2ccc(C)c(F)c2)[C@@H]1c1sccc1C. The Morgan fingerprint density at radius 2 is 1.69 bits per heavy atom. The van der Waals surface area contributed by atoms with Crippen molar-refractivity contribution in [2.24, 2.45) is 0 Å². The first-order valence-corrected chi connectivity index (χ1v) is 13.5. The van der Waals surface area contributed by atoms with E-state index in [0.717, 1.165) is 62.2 Å². The summed E-state index contributed by atoms with van der Waals surface area (Å²) in [5, 5.41) is 13.0. The van der Waals surface area contributed by atoms with E-state index in [-0.39, 0.29) is 16.9 Å². The summed E-state index contributed by atoms with van der Waals surface area (Å²) in [6.07, 6.45) is 5.27. The summed E-state index contributed by atoms with van der Waals surface area (Å²) in [6, 6.07) is 5.64. The van der Waals surface area contributed by atoms with Gasteiger partial charge in [-0.1, -0.05) is 38.8 Å². The molecule has 0 spiro atoms. The van der Waals surface area contributed by atoms with Crippen LogP contribution in [0.25, 0.3) is 5.76 Å². The van der Waals surface area contributed by atoms with Gasteiger partial charge in [-0.2, -0.15) is 0 Å². The van der Waals surface area contributed by atoms with Crippen LogP contribution in [-0.2, 0) is 9.59 Å². The van der Waals surface area contributed by atoms with Crippen molar-refractivity contribution in [2.45, 2.75) is 65.8 Å². The van der Waals surface area contributed by atoms with Crippen LogP contribution >= 0.6 is 11.3 Å². The minimum Gasteiger partial charge on any atom is -0.507 e. The van der Waals surface area contributed by atoms with Crippen LogP contribution < -0.4 is 0 Å². The Hall–Kier alpha value is -2.51. The number of unbranched alkanes of at least 4 members (excludes halogenated alkanes) is 2. The average molecular weight is 501 g/mol. The second kappa shape index (κ2) is 12.5. The third-order valence-corrected chi connectivity index (χ3v) is 7.74. The number of amides is 1. The lowest BCUT2D eigenvalue weighted by molar-refractivity contribution is -0.139. The van der Waals surface area contributed by atoms with Crippen LogP contribution in [0.3, 0.4) is 0 Å². The zero-order valence-corrected chi connectivity index (χ0v) is 22.1. The number of halogens is 1. The van der Waals surface area contributed by atoms with Crippen molar-refractivity contribution in [3.05, 3.63) is 62.6 Å². The Bertz CT molecular complexity index is 1070. The van der Waals surface area contributed by atoms with Gasteiger partial charge in [0.25, 0.3) is 11.7 Å². The number of ketones is 1. The van der Waals surface area contributed by atoms with E-state index in [1.807, 2.05) is 18.4 Å². The molecule has 0 saturated carbocycles. The Kier molecular flexibility index (Phi) is 9.63. The summed E-state index contributed by atoms with van der Waals surface area (Å²) in [4.78, 5) is 31.2. The zero-order chi connectivity index (χ0) is 25.5. The number of hydrogen-bond donors (Lipinski definition) is 1. The standard InChI is InChI=1S/C28H37FN2O3S/c1-5-7-13-30(14-8-6-2)15-9-16-31-24(27-20(4)12-17-35-27)23(26(33)28(31)34)25(32)21-11-10-19(3)22(29)18-21/h10-12,17-18,24,32H,5-9,13-16H2,1-4H3/t24-/m1/s1. The molecule has 1 atom stereocenters. The summed E-state index contributed by atoms with van der Waals surface area (Å²) in [5.41, 5.74) is 1.65. The molecule has 2 heterocycles. The molecule has 190 valence electrons. The molecule has 2 aromatic rings. The van der Waals surface area contributed by atoms with Gasteiger partial charge in [0.05, 0.1) is 11.6 Å². The van der Waals surface area contributed by atoms with Crippen molar-refractivity contribution < 1.29 is 19.1 Å². The predicted octanol–water partition coefficient (Wildman–Crippen LogP) is 6.22. The summed E-state index contributed by atoms with van der Waals surface area (Å²) in [6.45, 7) is 11.3. The maximum absolute atomic E-state index is 14.2. The van der Waals surface area contributed by atoms with Crippen molar-refractivity contribution in [3.63, 3.8) is 0 Å². The molecule has 1 amide bonds. The second-order valence-electron chi connectivity index (χ2n) is 9.33. The molecule has 7 heteroatoms. The quantitative estimate of drug-likeness (QED) is 0.214. The highest BCUT2D eigenvalue weighted by Gasteiger charge is 2.46. The first-order chi connectivity index (χ1) is 16.8. The summed E-state index contributed by atoms with van der Waals surface area (Å²) in [5.74, 6) is -2.11. The van der Waals surface area contributed by atoms with E-state index in [1.165, 1.54) is 17.4 Å². The van der Waals surface area contributed by atoms with Crippen molar-refractivity contribution in [3.8, 4) is 0 Å². The van der Waals surface area contributed by atoms with Gasteiger partial charge in [0, 0.05) is 17.0 Å². The fourth-order valence-corrected chi connectivity index (χ4v) is 5.55. The molecule has 35 heavy (non-hydrogen) atoms. The molecule has 3 rings (SSSR count). The van der Waals surface area contributed by atoms with Crippen LogP contribution in [0.4, 0.5) is 4.39 Å². The number of Topliss-reactive ketones (excluding diaryl/α,β-unsaturated/α-hetero) is 1. The number of likely N-dealkylation sites (tertiary alicyclic amines) is 1. The van der Waals surface area contributed by atoms with Crippen LogP contribution in [-0.4, -0.2) is 52.8 Å². The number of nitrogens with zero attached hydrogens (tertiary/aromatic N) is 2. The molecular formula is C28H37FN2O3S. The lowest BCUT2D eigenvalue weighted by Crippen LogP contribution is -2.34. The molecular weight excluding hydrogens is 463 g/mol. The molecule has 1 saturated heterocycles. The molecule has 0 aliphatic carbocycles. The number of aliphatic hydroxyl groups is 1. The first kappa shape index (κ1) is 27.1. The Morgan fingerprint density at radius 1 is 1.03 bits per heavy atom. The van der Waals surface area contributed by atoms with Crippen molar-refractivity contribution in [1.29, 1.82) is 0 Å². The maximum Gasteiger partial charge on any atom is 0.295 e. The van der Waals surface area contributed by atoms with Crippen LogP contribution in [0.2, 0.25) is 0 Å². The molecule has 1 fully saturated rings. The lowest BCUT2D eigenvalue weighted by Gasteiger charge is -2.27. The summed E-state index contributed by atoms with van der Waals surface area (Å²) in [7, 11) is 0. The highest BCUT2D eigenvalue weighted by molar-refractivity contribution is 7.10. The number of aryl methyl sites for hydroxylation is 2. The Labute approximate surface area is 212 Å². The van der Waals surface area contributed by atoms with E-state index in [9.17, 15) is 19.1 Å². The Balaban J connectivity index is 1.91. The van der Waals surface area contributed by atoms with Crippen LogP contribution in [0, 0.1) is 19.7 Å². The van der Waals surface area contributed by atoms with Crippen LogP contribution in [0.5, 0.6) is 0 Å². The first-order valence-electron chi connectivity index (χ1n) is 12.6. The average Bonchev–Trinajstić information content (AvgIpc) is 3.37. The minimum atomic E-state index is -0.713. The van der Waals surface area contributed by atoms with Gasteiger partial charge < -0.3 is 14.9 Å². The summed E-state index contributed by atoms with van der Waals surface area (Å²) >= 11 is 1.46. The van der Waals surface area contributed by atoms with E-state index < -0.39 is 23.5 Å². The maximum atomic E-state index is 14.2. The van der Waals surface area contributed by atoms with Crippen molar-refractivity contribution in [2.75, 3.05) is 26.2 Å². The number of carbonyl (C=O) groups is 2. The third kappa shape index (κ3) is 6.19. The van der Waals surface area contributed by atoms with E-state index in [1.54, 1.807) is 24.0 Å². The fourth-order valence-electron chi connectivity index (χ4n) is 4.51. The van der Waals surface area contributed by atoms with Crippen molar-refractivity contribution >= 4 is 28.8 Å². The number of hydrogen-bond acceptors (Lipinski definition) is 5. The molecule has 1 aliphatic rings. The molecule has 0 radical (unpaired) electrons. The van der Waals surface area contributed by atoms with Gasteiger partial charge in [-0.05, 0) is 81.4 Å². The van der Waals surface area contributed by atoms with Gasteiger partial charge in [0.2, 0.25) is 0 Å². The molecule has 1 aliphatic heterocycles. The van der Waals surface area contributed by atoms with E-state index in [2.05, 4.69) is 18.7 Å². The highest BCUT2D eigenvalue weighted by atomic mass is 32.1. The van der Waals surface area contributed by atoms with Crippen molar-refractivity contribution in [1.82, 2.24) is 9.80 Å². The van der Waals surface area contributed by atoms with Gasteiger partial charge in [0.1, 0.15) is 11.6 Å². The molecule has 1 N–H and O–H groups in total. The minimum absolute atomic E-state index is 0.0395. The highest BCUT2D eigenvalue weighted by Crippen LogP contribution is 2.42. The molecule has 0 unspecified atom stereocenters. The molecule has 1 aromatic carbocycles. The zero-order valence-electron chi connectivity index (χ0n) is 21.3. The van der Waals surface area contributed by atoms with Gasteiger partial charge in [-0.15, -0.1) is 11.3 Å². The van der Waals surface area contributed by atoms with Gasteiger partial charge in [-0.25, -0.2) is 4.39 Å². The summed E-state index contributed by atoms with van der Waals surface area (Å²) < 4.78 is 14.2. The van der Waals surface area contributed by atoms with Gasteiger partial charge in [-0.3, -0.25) is 9.59 Å². The predicted molar refractivity (Wildman–Crippen MR) is 140 cm³/mol. The Morgan fingerprint density at radius 3 is 2.26 bits per heavy atom. The second-order valence-corrected chi connectivity index (χ2v) is 10.3. The third-order valence-electron chi connectivity index (χ3n) is 6.66. The lowest BCUT2D eigenvalue weighted by atomic mass is 9.98. The van der Waals surface area contributed by atoms with E-state index in [4.69, 9.17) is 0 Å². The molecule has 1 aromatic heterocycles. The smallest absolute Gasteiger partial charge is 0.295 e. The number of benzene rings is 1. The fraction of sp³-hybridized carbons (Fsp3) is 0.500. The normalized spacial score (nSPS) is 17.7. The van der Waals surface area contributed by atoms with Crippen LogP contribution in [0.15, 0.2) is 35.2 Å². The number of carbonyl (C=O) groups excluding carboxylic acids is 2. The molecule has 5 nitrogen and oxygen atoms in total. The van der Waals surface area contributed by atoms with E-state index >= 15 is 0 Å². The van der Waals surface area contributed by atoms with E-state index in [0.29, 0.717) is 12.1 Å². The molecule has 0 bridgehead atoms. The van der Waals surface area contributed by atoms with Gasteiger partial charge >= 0.3 is 0 Å². The number of aliphatic hydroxyl groups excluding tert-OH is 1.